The molecule has 102 valence electrons. The molecule has 0 unspecified atom stereocenters. The highest BCUT2D eigenvalue weighted by Gasteiger charge is 2.18. The number of methoxy groups -OCH3 is 1. The largest absolute Gasteiger partial charge is 0.465 e. The molecule has 0 fully saturated rings. The summed E-state index contributed by atoms with van der Waals surface area (Å²) in [6.45, 7) is 1.89. The molecule has 7 heteroatoms. The predicted molar refractivity (Wildman–Crippen MR) is 71.8 cm³/mol. The van der Waals surface area contributed by atoms with Crippen LogP contribution in [0.1, 0.15) is 15.9 Å². The summed E-state index contributed by atoms with van der Waals surface area (Å²) < 4.78 is 11.7. The van der Waals surface area contributed by atoms with Crippen molar-refractivity contribution >= 4 is 23.2 Å². The Balaban J connectivity index is 2.28. The van der Waals surface area contributed by atoms with Crippen LogP contribution in [0.15, 0.2) is 29.0 Å². The quantitative estimate of drug-likeness (QED) is 0.679. The molecule has 0 N–H and O–H groups in total. The molecule has 3 aromatic heterocycles. The minimum Gasteiger partial charge on any atom is -0.465 e. The minimum atomic E-state index is -0.482. The zero-order valence-electron chi connectivity index (χ0n) is 10.8. The molecule has 3 aromatic rings. The molecule has 20 heavy (non-hydrogen) atoms. The molecule has 0 aliphatic heterocycles. The third kappa shape index (κ3) is 1.85. The van der Waals surface area contributed by atoms with Gasteiger partial charge in [0.2, 0.25) is 5.82 Å². The Kier molecular flexibility index (Phi) is 2.94. The van der Waals surface area contributed by atoms with Crippen LogP contribution in [0, 0.1) is 6.92 Å². The van der Waals surface area contributed by atoms with Crippen LogP contribution in [-0.4, -0.2) is 27.7 Å². The van der Waals surface area contributed by atoms with E-state index in [1.54, 1.807) is 16.9 Å². The van der Waals surface area contributed by atoms with E-state index in [4.69, 9.17) is 20.8 Å². The van der Waals surface area contributed by atoms with E-state index in [1.807, 2.05) is 13.0 Å². The van der Waals surface area contributed by atoms with Gasteiger partial charge in [0.15, 0.2) is 11.4 Å². The number of fused-ring (bicyclic) bond motifs is 1. The highest BCUT2D eigenvalue weighted by atomic mass is 35.5. The van der Waals surface area contributed by atoms with Gasteiger partial charge < -0.3 is 9.15 Å². The maximum Gasteiger partial charge on any atom is 0.339 e. The van der Waals surface area contributed by atoms with Crippen molar-refractivity contribution in [2.75, 3.05) is 7.11 Å². The number of hydrogen-bond donors (Lipinski definition) is 0. The predicted octanol–water partition coefficient (Wildman–Crippen LogP) is 2.74. The lowest BCUT2D eigenvalue weighted by atomic mass is 10.2. The molecule has 0 spiro atoms. The van der Waals surface area contributed by atoms with E-state index in [2.05, 4.69) is 10.2 Å². The number of furan rings is 1. The van der Waals surface area contributed by atoms with Crippen LogP contribution < -0.4 is 0 Å². The lowest BCUT2D eigenvalue weighted by molar-refractivity contribution is 0.0600. The van der Waals surface area contributed by atoms with Crippen LogP contribution in [0.4, 0.5) is 0 Å². The number of nitrogens with zero attached hydrogens (tertiary/aromatic N) is 3. The fraction of sp³-hybridized carbons (Fsp3) is 0.154. The van der Waals surface area contributed by atoms with Crippen molar-refractivity contribution in [3.05, 3.63) is 40.7 Å². The van der Waals surface area contributed by atoms with Gasteiger partial charge in [-0.1, -0.05) is 11.6 Å². The monoisotopic (exact) mass is 291 g/mol. The normalized spacial score (nSPS) is 10.9. The third-order valence-corrected chi connectivity index (χ3v) is 3.22. The van der Waals surface area contributed by atoms with Crippen LogP contribution >= 0.6 is 11.6 Å². The Labute approximate surface area is 118 Å². The minimum absolute atomic E-state index is 0.315. The number of halogens is 1. The average Bonchev–Trinajstić information content (AvgIpc) is 3.03. The van der Waals surface area contributed by atoms with E-state index in [-0.39, 0.29) is 0 Å². The molecule has 3 heterocycles. The van der Waals surface area contributed by atoms with Crippen molar-refractivity contribution in [2.24, 2.45) is 0 Å². The van der Waals surface area contributed by atoms with Gasteiger partial charge in [-0.2, -0.15) is 0 Å². The van der Waals surface area contributed by atoms with Gasteiger partial charge >= 0.3 is 5.97 Å². The molecule has 0 saturated carbocycles. The summed E-state index contributed by atoms with van der Waals surface area (Å²) in [7, 11) is 1.31. The van der Waals surface area contributed by atoms with Crippen LogP contribution in [0.25, 0.3) is 17.2 Å². The standard InChI is InChI=1S/C13H10ClN3O3/c1-7-3-4-20-10(7)12-16-15-11-9(14)5-8(6-17(11)12)13(18)19-2/h3-6H,1-2H3. The van der Waals surface area contributed by atoms with Crippen molar-refractivity contribution in [1.82, 2.24) is 14.6 Å². The van der Waals surface area contributed by atoms with Gasteiger partial charge in [-0.3, -0.25) is 4.40 Å². The lowest BCUT2D eigenvalue weighted by Crippen LogP contribution is -2.03. The van der Waals surface area contributed by atoms with Crippen LogP contribution in [0.2, 0.25) is 5.02 Å². The van der Waals surface area contributed by atoms with E-state index >= 15 is 0 Å². The van der Waals surface area contributed by atoms with Gasteiger partial charge in [0.1, 0.15) is 0 Å². The fourth-order valence-corrected chi connectivity index (χ4v) is 2.19. The third-order valence-electron chi connectivity index (χ3n) is 2.95. The second kappa shape index (κ2) is 4.64. The Morgan fingerprint density at radius 2 is 2.25 bits per heavy atom. The Morgan fingerprint density at radius 3 is 2.90 bits per heavy atom. The summed E-state index contributed by atoms with van der Waals surface area (Å²) in [5.41, 5.74) is 1.68. The molecular formula is C13H10ClN3O3. The zero-order chi connectivity index (χ0) is 14.3. The Hall–Kier alpha value is -2.34. The second-order valence-electron chi connectivity index (χ2n) is 4.22. The molecule has 0 radical (unpaired) electrons. The van der Waals surface area contributed by atoms with Crippen molar-refractivity contribution in [3.63, 3.8) is 0 Å². The van der Waals surface area contributed by atoms with Gasteiger partial charge in [0.25, 0.3) is 0 Å². The van der Waals surface area contributed by atoms with Crippen molar-refractivity contribution < 1.29 is 13.9 Å². The van der Waals surface area contributed by atoms with Crippen molar-refractivity contribution in [2.45, 2.75) is 6.92 Å². The van der Waals surface area contributed by atoms with Gasteiger partial charge in [-0.05, 0) is 24.6 Å². The number of aromatic nitrogens is 3. The molecule has 6 nitrogen and oxygen atoms in total. The number of aryl methyl sites for hydroxylation is 1. The van der Waals surface area contributed by atoms with Gasteiger partial charge in [0.05, 0.1) is 24.0 Å². The van der Waals surface area contributed by atoms with E-state index in [0.29, 0.717) is 27.8 Å². The van der Waals surface area contributed by atoms with Gasteiger partial charge in [-0.25, -0.2) is 4.79 Å². The molecule has 0 aromatic carbocycles. The summed E-state index contributed by atoms with van der Waals surface area (Å²) >= 11 is 6.12. The first-order chi connectivity index (χ1) is 9.61. The number of carbonyl (C=O) groups excluding carboxylic acids is 1. The Bertz CT molecular complexity index is 806. The van der Waals surface area contributed by atoms with E-state index in [1.165, 1.54) is 13.2 Å². The first-order valence-corrected chi connectivity index (χ1v) is 6.16. The summed E-state index contributed by atoms with van der Waals surface area (Å²) in [4.78, 5) is 11.6. The summed E-state index contributed by atoms with van der Waals surface area (Å²) in [5, 5.41) is 8.39. The molecular weight excluding hydrogens is 282 g/mol. The number of carbonyl (C=O) groups is 1. The highest BCUT2D eigenvalue weighted by Crippen LogP contribution is 2.26. The number of esters is 1. The number of rotatable bonds is 2. The number of ether oxygens (including phenoxy) is 1. The fourth-order valence-electron chi connectivity index (χ4n) is 1.94. The molecule has 0 saturated heterocycles. The molecule has 0 amide bonds. The number of hydrogen-bond acceptors (Lipinski definition) is 5. The summed E-state index contributed by atoms with van der Waals surface area (Å²) in [5.74, 6) is 0.579. The smallest absolute Gasteiger partial charge is 0.339 e. The average molecular weight is 292 g/mol. The van der Waals surface area contributed by atoms with Gasteiger partial charge in [-0.15, -0.1) is 10.2 Å². The zero-order valence-corrected chi connectivity index (χ0v) is 11.5. The maximum atomic E-state index is 11.6. The van der Waals surface area contributed by atoms with Crippen LogP contribution in [-0.2, 0) is 4.74 Å². The highest BCUT2D eigenvalue weighted by molar-refractivity contribution is 6.33. The maximum absolute atomic E-state index is 11.6. The molecule has 0 aliphatic rings. The first-order valence-electron chi connectivity index (χ1n) is 5.79. The number of pyridine rings is 1. The SMILES string of the molecule is COC(=O)c1cc(Cl)c2nnc(-c3occc3C)n2c1. The Morgan fingerprint density at radius 1 is 1.45 bits per heavy atom. The van der Waals surface area contributed by atoms with Gasteiger partial charge in [0, 0.05) is 6.20 Å². The lowest BCUT2D eigenvalue weighted by Gasteiger charge is -2.03. The summed E-state index contributed by atoms with van der Waals surface area (Å²) in [6.07, 6.45) is 3.14. The second-order valence-corrected chi connectivity index (χ2v) is 4.63. The van der Waals surface area contributed by atoms with Crippen LogP contribution in [0.5, 0.6) is 0 Å². The summed E-state index contributed by atoms with van der Waals surface area (Å²) in [6, 6.07) is 3.32. The van der Waals surface area contributed by atoms with E-state index in [9.17, 15) is 4.79 Å². The van der Waals surface area contributed by atoms with E-state index in [0.717, 1.165) is 5.56 Å². The van der Waals surface area contributed by atoms with E-state index < -0.39 is 5.97 Å². The first kappa shape index (κ1) is 12.7. The molecule has 0 aliphatic carbocycles. The molecule has 3 rings (SSSR count). The molecule has 0 atom stereocenters. The molecule has 0 bridgehead atoms. The topological polar surface area (TPSA) is 69.6 Å². The van der Waals surface area contributed by atoms with Crippen molar-refractivity contribution in [1.29, 1.82) is 0 Å². The van der Waals surface area contributed by atoms with Crippen LogP contribution in [0.3, 0.4) is 0 Å². The van der Waals surface area contributed by atoms with Crippen molar-refractivity contribution in [3.8, 4) is 11.6 Å².